The monoisotopic (exact) mass is 205 g/mol. The first-order valence-electron chi connectivity index (χ1n) is 4.59. The number of aryl methyl sites for hydroxylation is 1. The molecule has 0 bridgehead atoms. The van der Waals surface area contributed by atoms with Crippen LogP contribution in [0.1, 0.15) is 22.8 Å². The third-order valence-electron chi connectivity index (χ3n) is 1.95. The lowest BCUT2D eigenvalue weighted by Crippen LogP contribution is -2.24. The molecule has 15 heavy (non-hydrogen) atoms. The molecule has 78 valence electrons. The van der Waals surface area contributed by atoms with Crippen molar-refractivity contribution in [3.63, 3.8) is 0 Å². The number of nitrogens with one attached hydrogen (secondary N) is 1. The number of halogens is 1. The van der Waals surface area contributed by atoms with Gasteiger partial charge in [0, 0.05) is 5.56 Å². The second kappa shape index (κ2) is 5.16. The van der Waals surface area contributed by atoms with Crippen LogP contribution in [0.5, 0.6) is 0 Å². The molecule has 0 aliphatic rings. The highest BCUT2D eigenvalue weighted by molar-refractivity contribution is 5.95. The lowest BCUT2D eigenvalue weighted by atomic mass is 10.1. The van der Waals surface area contributed by atoms with Gasteiger partial charge in [-0.15, -0.1) is 5.92 Å². The van der Waals surface area contributed by atoms with Crippen molar-refractivity contribution in [2.75, 3.05) is 6.54 Å². The van der Waals surface area contributed by atoms with E-state index in [1.54, 1.807) is 13.8 Å². The Labute approximate surface area is 88.5 Å². The highest BCUT2D eigenvalue weighted by Gasteiger charge is 2.07. The van der Waals surface area contributed by atoms with Gasteiger partial charge in [0.25, 0.3) is 5.91 Å². The first-order valence-corrected chi connectivity index (χ1v) is 4.59. The van der Waals surface area contributed by atoms with Crippen molar-refractivity contribution in [3.05, 3.63) is 35.1 Å². The Balaban J connectivity index is 2.76. The molecule has 0 aliphatic heterocycles. The molecule has 0 atom stereocenters. The molecular formula is C12H12FNO. The van der Waals surface area contributed by atoms with Crippen molar-refractivity contribution < 1.29 is 9.18 Å². The molecule has 0 aliphatic carbocycles. The van der Waals surface area contributed by atoms with Crippen LogP contribution in [-0.2, 0) is 0 Å². The summed E-state index contributed by atoms with van der Waals surface area (Å²) in [4.78, 5) is 11.6. The van der Waals surface area contributed by atoms with Crippen LogP contribution in [0, 0.1) is 24.6 Å². The van der Waals surface area contributed by atoms with E-state index < -0.39 is 0 Å². The molecule has 2 nitrogen and oxygen atoms in total. The van der Waals surface area contributed by atoms with E-state index in [0.29, 0.717) is 17.7 Å². The topological polar surface area (TPSA) is 29.1 Å². The van der Waals surface area contributed by atoms with E-state index in [9.17, 15) is 9.18 Å². The Morgan fingerprint density at radius 1 is 1.53 bits per heavy atom. The number of benzene rings is 1. The lowest BCUT2D eigenvalue weighted by molar-refractivity contribution is 0.0958. The third kappa shape index (κ3) is 3.10. The van der Waals surface area contributed by atoms with Crippen molar-refractivity contribution in [2.45, 2.75) is 13.8 Å². The fourth-order valence-electron chi connectivity index (χ4n) is 1.19. The summed E-state index contributed by atoms with van der Waals surface area (Å²) in [6.45, 7) is 3.71. The Morgan fingerprint density at radius 3 is 2.87 bits per heavy atom. The van der Waals surface area contributed by atoms with Crippen LogP contribution in [0.4, 0.5) is 4.39 Å². The molecule has 1 amide bonds. The molecule has 0 aromatic heterocycles. The molecule has 1 rings (SSSR count). The second-order valence-electron chi connectivity index (χ2n) is 3.07. The average molecular weight is 205 g/mol. The van der Waals surface area contributed by atoms with E-state index in [-0.39, 0.29) is 11.7 Å². The summed E-state index contributed by atoms with van der Waals surface area (Å²) in [5, 5.41) is 2.63. The number of carbonyl (C=O) groups excluding carboxylic acids is 1. The van der Waals surface area contributed by atoms with Crippen LogP contribution in [0.3, 0.4) is 0 Å². The number of carbonyl (C=O) groups is 1. The van der Waals surface area contributed by atoms with Gasteiger partial charge >= 0.3 is 0 Å². The summed E-state index contributed by atoms with van der Waals surface area (Å²) in [6.07, 6.45) is 0. The van der Waals surface area contributed by atoms with Crippen molar-refractivity contribution in [1.82, 2.24) is 5.32 Å². The highest BCUT2D eigenvalue weighted by Crippen LogP contribution is 2.09. The molecule has 0 unspecified atom stereocenters. The van der Waals surface area contributed by atoms with E-state index in [4.69, 9.17) is 0 Å². The largest absolute Gasteiger partial charge is 0.341 e. The zero-order valence-electron chi connectivity index (χ0n) is 8.73. The SMILES string of the molecule is CC#CCNC(=O)c1ccc(F)cc1C. The lowest BCUT2D eigenvalue weighted by Gasteiger charge is -2.04. The summed E-state index contributed by atoms with van der Waals surface area (Å²) < 4.78 is 12.8. The van der Waals surface area contributed by atoms with E-state index >= 15 is 0 Å². The third-order valence-corrected chi connectivity index (χ3v) is 1.95. The van der Waals surface area contributed by atoms with Gasteiger partial charge in [0.15, 0.2) is 0 Å². The van der Waals surface area contributed by atoms with Crippen molar-refractivity contribution in [1.29, 1.82) is 0 Å². The minimum atomic E-state index is -0.336. The maximum absolute atomic E-state index is 12.8. The predicted octanol–water partition coefficient (Wildman–Crippen LogP) is 1.89. The van der Waals surface area contributed by atoms with Gasteiger partial charge in [-0.3, -0.25) is 4.79 Å². The van der Waals surface area contributed by atoms with Gasteiger partial charge in [0.05, 0.1) is 6.54 Å². The van der Waals surface area contributed by atoms with E-state index in [1.165, 1.54) is 18.2 Å². The molecule has 1 N–H and O–H groups in total. The smallest absolute Gasteiger partial charge is 0.252 e. The first-order chi connectivity index (χ1) is 7.15. The maximum Gasteiger partial charge on any atom is 0.252 e. The molecule has 0 radical (unpaired) electrons. The molecular weight excluding hydrogens is 193 g/mol. The summed E-state index contributed by atoms with van der Waals surface area (Å²) in [7, 11) is 0. The van der Waals surface area contributed by atoms with Crippen molar-refractivity contribution in [2.24, 2.45) is 0 Å². The fraction of sp³-hybridized carbons (Fsp3) is 0.250. The molecule has 0 spiro atoms. The first kappa shape index (κ1) is 11.3. The summed E-state index contributed by atoms with van der Waals surface area (Å²) in [5.74, 6) is 4.83. The van der Waals surface area contributed by atoms with Crippen molar-refractivity contribution >= 4 is 5.91 Å². The molecule has 3 heteroatoms. The number of hydrogen-bond donors (Lipinski definition) is 1. The van der Waals surface area contributed by atoms with Gasteiger partial charge < -0.3 is 5.32 Å². The number of amides is 1. The number of hydrogen-bond acceptors (Lipinski definition) is 1. The van der Waals surface area contributed by atoms with Crippen LogP contribution in [-0.4, -0.2) is 12.5 Å². The van der Waals surface area contributed by atoms with Gasteiger partial charge in [-0.25, -0.2) is 4.39 Å². The van der Waals surface area contributed by atoms with Gasteiger partial charge in [0.2, 0.25) is 0 Å². The van der Waals surface area contributed by atoms with Crippen LogP contribution < -0.4 is 5.32 Å². The van der Waals surface area contributed by atoms with Gasteiger partial charge in [-0.05, 0) is 37.6 Å². The van der Waals surface area contributed by atoms with E-state index in [2.05, 4.69) is 17.2 Å². The average Bonchev–Trinajstić information content (AvgIpc) is 2.17. The molecule has 1 aromatic carbocycles. The molecule has 0 saturated carbocycles. The van der Waals surface area contributed by atoms with Crippen LogP contribution in [0.2, 0.25) is 0 Å². The van der Waals surface area contributed by atoms with Crippen LogP contribution in [0.25, 0.3) is 0 Å². The molecule has 1 aromatic rings. The van der Waals surface area contributed by atoms with Gasteiger partial charge in [-0.2, -0.15) is 0 Å². The normalized spacial score (nSPS) is 9.00. The summed E-state index contributed by atoms with van der Waals surface area (Å²) >= 11 is 0. The van der Waals surface area contributed by atoms with E-state index in [1.807, 2.05) is 0 Å². The fourth-order valence-corrected chi connectivity index (χ4v) is 1.19. The minimum absolute atomic E-state index is 0.227. The van der Waals surface area contributed by atoms with Gasteiger partial charge in [-0.1, -0.05) is 5.92 Å². The molecule has 0 saturated heterocycles. The highest BCUT2D eigenvalue weighted by atomic mass is 19.1. The second-order valence-corrected chi connectivity index (χ2v) is 3.07. The maximum atomic E-state index is 12.8. The Kier molecular flexibility index (Phi) is 3.87. The minimum Gasteiger partial charge on any atom is -0.341 e. The van der Waals surface area contributed by atoms with Crippen LogP contribution in [0.15, 0.2) is 18.2 Å². The Bertz CT molecular complexity index is 429. The quantitative estimate of drug-likeness (QED) is 0.734. The number of rotatable bonds is 2. The van der Waals surface area contributed by atoms with Gasteiger partial charge in [0.1, 0.15) is 5.82 Å². The zero-order chi connectivity index (χ0) is 11.3. The Hall–Kier alpha value is -1.82. The molecule has 0 fully saturated rings. The van der Waals surface area contributed by atoms with Crippen LogP contribution >= 0.6 is 0 Å². The Morgan fingerprint density at radius 2 is 2.27 bits per heavy atom. The van der Waals surface area contributed by atoms with E-state index in [0.717, 1.165) is 0 Å². The standard InChI is InChI=1S/C12H12FNO/c1-3-4-7-14-12(15)11-6-5-10(13)8-9(11)2/h5-6,8H,7H2,1-2H3,(H,14,15). The van der Waals surface area contributed by atoms with Crippen molar-refractivity contribution in [3.8, 4) is 11.8 Å². The predicted molar refractivity (Wildman–Crippen MR) is 56.9 cm³/mol. The summed E-state index contributed by atoms with van der Waals surface area (Å²) in [6, 6.07) is 4.08. The molecule has 0 heterocycles. The zero-order valence-corrected chi connectivity index (χ0v) is 8.73. The summed E-state index contributed by atoms with van der Waals surface area (Å²) in [5.41, 5.74) is 1.10.